The highest BCUT2D eigenvalue weighted by atomic mass is 16.2. The maximum Gasteiger partial charge on any atom is 0.228 e. The summed E-state index contributed by atoms with van der Waals surface area (Å²) in [4.78, 5) is 29.0. The van der Waals surface area contributed by atoms with E-state index in [9.17, 15) is 9.59 Å². The van der Waals surface area contributed by atoms with Crippen LogP contribution in [0, 0.1) is 5.92 Å². The van der Waals surface area contributed by atoms with Crippen molar-refractivity contribution in [3.8, 4) is 0 Å². The lowest BCUT2D eigenvalue weighted by atomic mass is 9.85. The molecule has 6 nitrogen and oxygen atoms in total. The standard InChI is InChI=1S/C22H24N4O2/c1-14(15-6-3-2-4-7-15)10-18(27)11-17-12-20-19(13-23-17)21(26-25-20)24-22(28)16-8-5-9-16/h2-4,6-7,12-14,16H,5,8-11H2,1H3,(H2,24,25,26,28)/t14-/m0/s1. The van der Waals surface area contributed by atoms with E-state index in [0.717, 1.165) is 30.2 Å². The van der Waals surface area contributed by atoms with Crippen molar-refractivity contribution >= 4 is 28.4 Å². The summed E-state index contributed by atoms with van der Waals surface area (Å²) in [5, 5.41) is 10.8. The molecule has 1 saturated carbocycles. The third-order valence-corrected chi connectivity index (χ3v) is 5.50. The van der Waals surface area contributed by atoms with Crippen molar-refractivity contribution in [1.82, 2.24) is 15.2 Å². The number of ketones is 1. The molecule has 144 valence electrons. The van der Waals surface area contributed by atoms with E-state index >= 15 is 0 Å². The maximum atomic E-state index is 12.5. The first-order chi connectivity index (χ1) is 13.6. The second-order valence-corrected chi connectivity index (χ2v) is 7.64. The van der Waals surface area contributed by atoms with Crippen molar-refractivity contribution in [2.24, 2.45) is 5.92 Å². The Morgan fingerprint density at radius 1 is 1.25 bits per heavy atom. The molecular formula is C22H24N4O2. The van der Waals surface area contributed by atoms with Gasteiger partial charge in [-0.15, -0.1) is 0 Å². The minimum absolute atomic E-state index is 0.0220. The summed E-state index contributed by atoms with van der Waals surface area (Å²) in [6.45, 7) is 2.07. The zero-order valence-electron chi connectivity index (χ0n) is 15.9. The third kappa shape index (κ3) is 3.96. The topological polar surface area (TPSA) is 87.7 Å². The van der Waals surface area contributed by atoms with Gasteiger partial charge in [-0.3, -0.25) is 19.7 Å². The molecule has 28 heavy (non-hydrogen) atoms. The highest BCUT2D eigenvalue weighted by molar-refractivity contribution is 6.00. The average molecular weight is 376 g/mol. The van der Waals surface area contributed by atoms with Crippen molar-refractivity contribution < 1.29 is 9.59 Å². The van der Waals surface area contributed by atoms with Crippen molar-refractivity contribution in [3.05, 3.63) is 53.9 Å². The van der Waals surface area contributed by atoms with Crippen LogP contribution in [0.15, 0.2) is 42.6 Å². The lowest BCUT2D eigenvalue weighted by Crippen LogP contribution is -2.28. The normalized spacial score (nSPS) is 15.2. The van der Waals surface area contributed by atoms with Gasteiger partial charge in [0.1, 0.15) is 5.78 Å². The van der Waals surface area contributed by atoms with Gasteiger partial charge >= 0.3 is 0 Å². The number of H-pyrrole nitrogens is 1. The number of nitrogens with one attached hydrogen (secondary N) is 2. The number of aromatic nitrogens is 3. The van der Waals surface area contributed by atoms with Crippen molar-refractivity contribution in [3.63, 3.8) is 0 Å². The summed E-state index contributed by atoms with van der Waals surface area (Å²) in [6.07, 6.45) is 5.45. The SMILES string of the molecule is C[C@@H](CC(=O)Cc1cc2[nH]nc(NC(=O)C3CCC3)c2cn1)c1ccccc1. The van der Waals surface area contributed by atoms with E-state index in [2.05, 4.69) is 27.4 Å². The van der Waals surface area contributed by atoms with Crippen molar-refractivity contribution in [1.29, 1.82) is 0 Å². The molecule has 2 N–H and O–H groups in total. The van der Waals surface area contributed by atoms with E-state index < -0.39 is 0 Å². The van der Waals surface area contributed by atoms with Gasteiger partial charge in [-0.05, 0) is 30.4 Å². The number of aromatic amines is 1. The first kappa shape index (κ1) is 18.3. The van der Waals surface area contributed by atoms with Crippen LogP contribution >= 0.6 is 0 Å². The summed E-state index contributed by atoms with van der Waals surface area (Å²) in [6, 6.07) is 11.9. The quantitative estimate of drug-likeness (QED) is 0.652. The summed E-state index contributed by atoms with van der Waals surface area (Å²) >= 11 is 0. The lowest BCUT2D eigenvalue weighted by Gasteiger charge is -2.23. The zero-order chi connectivity index (χ0) is 19.5. The van der Waals surface area contributed by atoms with Crippen LogP contribution in [0.25, 0.3) is 10.9 Å². The van der Waals surface area contributed by atoms with Crippen LogP contribution in [0.4, 0.5) is 5.82 Å². The number of carbonyl (C=O) groups excluding carboxylic acids is 2. The summed E-state index contributed by atoms with van der Waals surface area (Å²) < 4.78 is 0. The minimum atomic E-state index is 0.0220. The molecule has 2 heterocycles. The van der Waals surface area contributed by atoms with Crippen LogP contribution < -0.4 is 5.32 Å². The van der Waals surface area contributed by atoms with Gasteiger partial charge in [-0.25, -0.2) is 0 Å². The van der Waals surface area contributed by atoms with Gasteiger partial charge in [0.15, 0.2) is 5.82 Å². The third-order valence-electron chi connectivity index (χ3n) is 5.50. The molecule has 0 bridgehead atoms. The number of Topliss-reactive ketones (excluding diaryl/α,β-unsaturated/α-hetero) is 1. The highest BCUT2D eigenvalue weighted by Crippen LogP contribution is 2.29. The van der Waals surface area contributed by atoms with Crippen LogP contribution in [-0.2, 0) is 16.0 Å². The monoisotopic (exact) mass is 376 g/mol. The minimum Gasteiger partial charge on any atom is -0.308 e. The molecule has 1 aliphatic carbocycles. The Labute approximate surface area is 163 Å². The molecule has 0 aliphatic heterocycles. The number of carbonyl (C=O) groups is 2. The number of nitrogens with zero attached hydrogens (tertiary/aromatic N) is 2. The number of anilines is 1. The summed E-state index contributed by atoms with van der Waals surface area (Å²) in [5.41, 5.74) is 2.65. The molecule has 1 aromatic carbocycles. The molecule has 0 radical (unpaired) electrons. The van der Waals surface area contributed by atoms with Crippen LogP contribution in [0.5, 0.6) is 0 Å². The predicted molar refractivity (Wildman–Crippen MR) is 108 cm³/mol. The second kappa shape index (κ2) is 7.92. The molecule has 4 rings (SSSR count). The molecule has 1 amide bonds. The number of fused-ring (bicyclic) bond motifs is 1. The number of benzene rings is 1. The van der Waals surface area contributed by atoms with Gasteiger partial charge in [0, 0.05) is 30.7 Å². The first-order valence-electron chi connectivity index (χ1n) is 9.80. The summed E-state index contributed by atoms with van der Waals surface area (Å²) in [7, 11) is 0. The fourth-order valence-electron chi connectivity index (χ4n) is 3.55. The molecule has 1 aliphatic rings. The van der Waals surface area contributed by atoms with Crippen molar-refractivity contribution in [2.45, 2.75) is 44.9 Å². The van der Waals surface area contributed by atoms with Crippen LogP contribution in [0.3, 0.4) is 0 Å². The Morgan fingerprint density at radius 2 is 2.04 bits per heavy atom. The van der Waals surface area contributed by atoms with E-state index in [-0.39, 0.29) is 29.9 Å². The number of hydrogen-bond acceptors (Lipinski definition) is 4. The smallest absolute Gasteiger partial charge is 0.228 e. The van der Waals surface area contributed by atoms with E-state index in [1.165, 1.54) is 5.56 Å². The Bertz CT molecular complexity index is 992. The Kier molecular flexibility index (Phi) is 5.19. The molecule has 1 atom stereocenters. The van der Waals surface area contributed by atoms with E-state index in [1.54, 1.807) is 6.20 Å². The molecule has 2 aromatic heterocycles. The molecular weight excluding hydrogens is 352 g/mol. The molecule has 0 unspecified atom stereocenters. The number of hydrogen-bond donors (Lipinski definition) is 2. The maximum absolute atomic E-state index is 12.5. The Balaban J connectivity index is 1.40. The highest BCUT2D eigenvalue weighted by Gasteiger charge is 2.26. The molecule has 1 fully saturated rings. The van der Waals surface area contributed by atoms with E-state index in [0.29, 0.717) is 17.9 Å². The van der Waals surface area contributed by atoms with Gasteiger partial charge in [-0.1, -0.05) is 43.7 Å². The van der Waals surface area contributed by atoms with Crippen LogP contribution in [-0.4, -0.2) is 26.9 Å². The van der Waals surface area contributed by atoms with Crippen LogP contribution in [0.2, 0.25) is 0 Å². The second-order valence-electron chi connectivity index (χ2n) is 7.64. The number of amides is 1. The predicted octanol–water partition coefficient (Wildman–Crippen LogP) is 4.00. The van der Waals surface area contributed by atoms with Gasteiger partial charge in [0.2, 0.25) is 5.91 Å². The largest absolute Gasteiger partial charge is 0.308 e. The van der Waals surface area contributed by atoms with Crippen LogP contribution in [0.1, 0.15) is 49.8 Å². The molecule has 0 spiro atoms. The van der Waals surface area contributed by atoms with E-state index in [4.69, 9.17) is 0 Å². The fraction of sp³-hybridized carbons (Fsp3) is 0.364. The molecule has 6 heteroatoms. The lowest BCUT2D eigenvalue weighted by molar-refractivity contribution is -0.122. The van der Waals surface area contributed by atoms with E-state index in [1.807, 2.05) is 36.4 Å². The Hall–Kier alpha value is -3.02. The fourth-order valence-corrected chi connectivity index (χ4v) is 3.55. The molecule has 3 aromatic rings. The van der Waals surface area contributed by atoms with Gasteiger partial charge in [0.25, 0.3) is 0 Å². The molecule has 0 saturated heterocycles. The van der Waals surface area contributed by atoms with Gasteiger partial charge in [0.05, 0.1) is 10.9 Å². The average Bonchev–Trinajstić information content (AvgIpc) is 3.03. The Morgan fingerprint density at radius 3 is 2.75 bits per heavy atom. The summed E-state index contributed by atoms with van der Waals surface area (Å²) in [5.74, 6) is 0.964. The zero-order valence-corrected chi connectivity index (χ0v) is 15.9. The number of rotatable bonds is 7. The first-order valence-corrected chi connectivity index (χ1v) is 9.80. The number of pyridine rings is 1. The van der Waals surface area contributed by atoms with Crippen molar-refractivity contribution in [2.75, 3.05) is 5.32 Å². The van der Waals surface area contributed by atoms with Gasteiger partial charge < -0.3 is 5.32 Å². The van der Waals surface area contributed by atoms with Gasteiger partial charge in [-0.2, -0.15) is 5.10 Å².